The Morgan fingerprint density at radius 2 is 1.94 bits per heavy atom. The van der Waals surface area contributed by atoms with Gasteiger partial charge in [-0.2, -0.15) is 0 Å². The highest BCUT2D eigenvalue weighted by Gasteiger charge is 2.29. The van der Waals surface area contributed by atoms with Crippen molar-refractivity contribution in [3.8, 4) is 5.69 Å². The van der Waals surface area contributed by atoms with E-state index in [1.54, 1.807) is 12.1 Å². The molecule has 6 heteroatoms. The van der Waals surface area contributed by atoms with Gasteiger partial charge in [0.25, 0.3) is 0 Å². The van der Waals surface area contributed by atoms with Gasteiger partial charge in [0.2, 0.25) is 5.91 Å². The lowest BCUT2D eigenvalue weighted by Crippen LogP contribution is -2.45. The Morgan fingerprint density at radius 3 is 2.68 bits per heavy atom. The number of carbonyl (C=O) groups is 1. The number of aromatic nitrogens is 2. The van der Waals surface area contributed by atoms with Crippen LogP contribution >= 0.6 is 0 Å². The van der Waals surface area contributed by atoms with Gasteiger partial charge in [-0.1, -0.05) is 19.1 Å². The van der Waals surface area contributed by atoms with E-state index in [1.165, 1.54) is 12.1 Å². The summed E-state index contributed by atoms with van der Waals surface area (Å²) in [5.74, 6) is 0.992. The van der Waals surface area contributed by atoms with Crippen LogP contribution in [0.2, 0.25) is 0 Å². The molecule has 1 aromatic heterocycles. The van der Waals surface area contributed by atoms with E-state index in [-0.39, 0.29) is 17.6 Å². The van der Waals surface area contributed by atoms with Gasteiger partial charge >= 0.3 is 0 Å². The van der Waals surface area contributed by atoms with Crippen molar-refractivity contribution in [3.05, 3.63) is 60.2 Å². The molecule has 4 rings (SSSR count). The fourth-order valence-corrected chi connectivity index (χ4v) is 4.61. The zero-order valence-corrected chi connectivity index (χ0v) is 18.4. The van der Waals surface area contributed by atoms with Gasteiger partial charge in [0.15, 0.2) is 0 Å². The Bertz CT molecular complexity index is 1030. The fourth-order valence-electron chi connectivity index (χ4n) is 4.61. The van der Waals surface area contributed by atoms with Crippen molar-refractivity contribution in [2.24, 2.45) is 5.92 Å². The van der Waals surface area contributed by atoms with E-state index < -0.39 is 0 Å². The molecule has 3 aromatic rings. The third-order valence-electron chi connectivity index (χ3n) is 6.12. The van der Waals surface area contributed by atoms with Gasteiger partial charge in [-0.25, -0.2) is 9.37 Å². The van der Waals surface area contributed by atoms with Crippen molar-refractivity contribution in [1.82, 2.24) is 19.4 Å². The van der Waals surface area contributed by atoms with Crippen LogP contribution in [-0.4, -0.2) is 51.4 Å². The van der Waals surface area contributed by atoms with E-state index in [0.717, 1.165) is 68.0 Å². The number of carbonyl (C=O) groups excluding carboxylic acids is 1. The monoisotopic (exact) mass is 422 g/mol. The molecule has 1 aliphatic heterocycles. The lowest BCUT2D eigenvalue weighted by atomic mass is 9.96. The van der Waals surface area contributed by atoms with Crippen LogP contribution in [0.4, 0.5) is 4.39 Å². The number of rotatable bonds is 7. The van der Waals surface area contributed by atoms with Crippen molar-refractivity contribution in [1.29, 1.82) is 0 Å². The lowest BCUT2D eigenvalue weighted by molar-refractivity contribution is -0.137. The molecule has 1 saturated heterocycles. The SMILES string of the molecule is CCCN(CC)C(=O)[C@H]1CCCN(Cc2nc3ccccc3n2-c2ccc(F)cc2)C1. The van der Waals surface area contributed by atoms with Crippen LogP contribution in [-0.2, 0) is 11.3 Å². The molecule has 2 heterocycles. The smallest absolute Gasteiger partial charge is 0.226 e. The predicted molar refractivity (Wildman–Crippen MR) is 122 cm³/mol. The molecule has 0 bridgehead atoms. The van der Waals surface area contributed by atoms with E-state index in [2.05, 4.69) is 23.3 Å². The molecule has 164 valence electrons. The molecular formula is C25H31FN4O. The highest BCUT2D eigenvalue weighted by molar-refractivity contribution is 5.79. The topological polar surface area (TPSA) is 41.4 Å². The zero-order valence-electron chi connectivity index (χ0n) is 18.4. The molecule has 1 atom stereocenters. The zero-order chi connectivity index (χ0) is 21.8. The van der Waals surface area contributed by atoms with Crippen molar-refractivity contribution in [2.75, 3.05) is 26.2 Å². The van der Waals surface area contributed by atoms with Crippen LogP contribution in [0.15, 0.2) is 48.5 Å². The Morgan fingerprint density at radius 1 is 1.16 bits per heavy atom. The number of piperidine rings is 1. The number of benzene rings is 2. The molecule has 2 aromatic carbocycles. The second kappa shape index (κ2) is 9.60. The maximum Gasteiger partial charge on any atom is 0.226 e. The minimum Gasteiger partial charge on any atom is -0.343 e. The normalized spacial score (nSPS) is 17.2. The number of imidazole rings is 1. The van der Waals surface area contributed by atoms with Crippen molar-refractivity contribution < 1.29 is 9.18 Å². The molecule has 0 radical (unpaired) electrons. The summed E-state index contributed by atoms with van der Waals surface area (Å²) < 4.78 is 15.6. The molecule has 0 aliphatic carbocycles. The number of likely N-dealkylation sites (tertiary alicyclic amines) is 1. The third-order valence-corrected chi connectivity index (χ3v) is 6.12. The van der Waals surface area contributed by atoms with E-state index in [9.17, 15) is 9.18 Å². The Hall–Kier alpha value is -2.73. The molecular weight excluding hydrogens is 391 g/mol. The maximum absolute atomic E-state index is 13.5. The number of hydrogen-bond acceptors (Lipinski definition) is 3. The summed E-state index contributed by atoms with van der Waals surface area (Å²) in [4.78, 5) is 22.2. The van der Waals surface area contributed by atoms with Crippen molar-refractivity contribution in [2.45, 2.75) is 39.7 Å². The molecule has 0 spiro atoms. The van der Waals surface area contributed by atoms with Gasteiger partial charge in [0, 0.05) is 25.3 Å². The van der Waals surface area contributed by atoms with E-state index in [4.69, 9.17) is 4.98 Å². The standard InChI is InChI=1S/C25H31FN4O/c1-3-15-29(4-2)25(31)19-8-7-16-28(17-19)18-24-27-22-9-5-6-10-23(22)30(24)21-13-11-20(26)12-14-21/h5-6,9-14,19H,3-4,7-8,15-18H2,1-2H3/t19-/m0/s1. The first-order valence-electron chi connectivity index (χ1n) is 11.3. The average molecular weight is 423 g/mol. The quantitative estimate of drug-likeness (QED) is 0.557. The summed E-state index contributed by atoms with van der Waals surface area (Å²) in [7, 11) is 0. The minimum atomic E-state index is -0.250. The number of hydrogen-bond donors (Lipinski definition) is 0. The van der Waals surface area contributed by atoms with Gasteiger partial charge in [0.05, 0.1) is 23.5 Å². The molecule has 0 saturated carbocycles. The Balaban J connectivity index is 1.59. The van der Waals surface area contributed by atoms with Gasteiger partial charge in [-0.15, -0.1) is 0 Å². The Labute approximate surface area is 183 Å². The molecule has 0 N–H and O–H groups in total. The highest BCUT2D eigenvalue weighted by Crippen LogP contribution is 2.25. The summed E-state index contributed by atoms with van der Waals surface area (Å²) in [6, 6.07) is 14.6. The average Bonchev–Trinajstić information content (AvgIpc) is 3.15. The predicted octanol–water partition coefficient (Wildman–Crippen LogP) is 4.64. The number of halogens is 1. The van der Waals surface area contributed by atoms with E-state index in [1.807, 2.05) is 29.2 Å². The second-order valence-corrected chi connectivity index (χ2v) is 8.32. The number of fused-ring (bicyclic) bond motifs is 1. The third kappa shape index (κ3) is 4.64. The first kappa shape index (κ1) is 21.5. The first-order valence-corrected chi connectivity index (χ1v) is 11.3. The Kier molecular flexibility index (Phi) is 6.66. The lowest BCUT2D eigenvalue weighted by Gasteiger charge is -2.34. The van der Waals surface area contributed by atoms with Crippen LogP contribution in [0.25, 0.3) is 16.7 Å². The number of nitrogens with zero attached hydrogens (tertiary/aromatic N) is 4. The largest absolute Gasteiger partial charge is 0.343 e. The highest BCUT2D eigenvalue weighted by atomic mass is 19.1. The van der Waals surface area contributed by atoms with E-state index in [0.29, 0.717) is 6.54 Å². The van der Waals surface area contributed by atoms with Gasteiger partial charge in [-0.3, -0.25) is 14.3 Å². The van der Waals surface area contributed by atoms with Crippen LogP contribution < -0.4 is 0 Å². The van der Waals surface area contributed by atoms with Gasteiger partial charge in [0.1, 0.15) is 11.6 Å². The van der Waals surface area contributed by atoms with Crippen LogP contribution in [0, 0.1) is 11.7 Å². The minimum absolute atomic E-state index is 0.0453. The molecule has 1 amide bonds. The van der Waals surface area contributed by atoms with E-state index >= 15 is 0 Å². The summed E-state index contributed by atoms with van der Waals surface area (Å²) in [5.41, 5.74) is 2.83. The number of para-hydroxylation sites is 2. The summed E-state index contributed by atoms with van der Waals surface area (Å²) in [6.07, 6.45) is 2.94. The molecule has 31 heavy (non-hydrogen) atoms. The van der Waals surface area contributed by atoms with Crippen LogP contribution in [0.5, 0.6) is 0 Å². The summed E-state index contributed by atoms with van der Waals surface area (Å²) in [5, 5.41) is 0. The first-order chi connectivity index (χ1) is 15.1. The van der Waals surface area contributed by atoms with Gasteiger partial charge < -0.3 is 4.90 Å². The van der Waals surface area contributed by atoms with Crippen molar-refractivity contribution >= 4 is 16.9 Å². The van der Waals surface area contributed by atoms with Crippen LogP contribution in [0.3, 0.4) is 0 Å². The molecule has 1 fully saturated rings. The fraction of sp³-hybridized carbons (Fsp3) is 0.440. The second-order valence-electron chi connectivity index (χ2n) is 8.32. The molecule has 1 aliphatic rings. The molecule has 0 unspecified atom stereocenters. The molecule has 5 nitrogen and oxygen atoms in total. The number of amides is 1. The summed E-state index contributed by atoms with van der Waals surface area (Å²) in [6.45, 7) is 8.13. The van der Waals surface area contributed by atoms with Crippen LogP contribution in [0.1, 0.15) is 38.9 Å². The maximum atomic E-state index is 13.5. The van der Waals surface area contributed by atoms with Gasteiger partial charge in [-0.05, 0) is 69.1 Å². The summed E-state index contributed by atoms with van der Waals surface area (Å²) >= 11 is 0. The van der Waals surface area contributed by atoms with Crippen molar-refractivity contribution in [3.63, 3.8) is 0 Å².